The molecule has 0 spiro atoms. The number of hydrogen-bond donors (Lipinski definition) is 2. The zero-order valence-corrected chi connectivity index (χ0v) is 31.5. The third kappa shape index (κ3) is 37.1. The maximum Gasteiger partial charge on any atom is 0.469 e. The smallest absolute Gasteiger partial charge is 0.462 e. The first-order chi connectivity index (χ1) is 23.3. The molecule has 0 amide bonds. The van der Waals surface area contributed by atoms with Gasteiger partial charge in [0.1, 0.15) is 6.61 Å². The normalized spacial score (nSPS) is 12.8. The Balaban J connectivity index is 3.97. The molecule has 0 aliphatic rings. The lowest BCUT2D eigenvalue weighted by molar-refractivity contribution is -0.161. The molecule has 0 aromatic carbocycles. The second-order valence-corrected chi connectivity index (χ2v) is 14.1. The molecule has 0 heterocycles. The lowest BCUT2D eigenvalue weighted by Gasteiger charge is -2.18. The maximum absolute atomic E-state index is 12.4. The van der Waals surface area contributed by atoms with Gasteiger partial charge < -0.3 is 19.3 Å². The van der Waals surface area contributed by atoms with Gasteiger partial charge in [-0.2, -0.15) is 0 Å². The molecule has 0 aromatic heterocycles. The molecule has 8 nitrogen and oxygen atoms in total. The van der Waals surface area contributed by atoms with Gasteiger partial charge >= 0.3 is 19.8 Å². The number of hydrogen-bond acceptors (Lipinski definition) is 6. The van der Waals surface area contributed by atoms with E-state index in [1.165, 1.54) is 77.0 Å². The van der Waals surface area contributed by atoms with Crippen molar-refractivity contribution in [1.82, 2.24) is 0 Å². The van der Waals surface area contributed by atoms with Gasteiger partial charge in [0, 0.05) is 12.8 Å². The fourth-order valence-electron chi connectivity index (χ4n) is 5.26. The van der Waals surface area contributed by atoms with E-state index in [1.807, 2.05) is 0 Å². The molecule has 48 heavy (non-hydrogen) atoms. The zero-order chi connectivity index (χ0) is 35.4. The number of rotatable bonds is 35. The second kappa shape index (κ2) is 35.1. The van der Waals surface area contributed by atoms with Crippen LogP contribution in [0.25, 0.3) is 0 Å². The van der Waals surface area contributed by atoms with E-state index in [4.69, 9.17) is 19.3 Å². The number of phosphoric ester groups is 1. The lowest BCUT2D eigenvalue weighted by Crippen LogP contribution is -2.29. The van der Waals surface area contributed by atoms with Gasteiger partial charge in [-0.15, -0.1) is 0 Å². The van der Waals surface area contributed by atoms with Gasteiger partial charge in [0.25, 0.3) is 0 Å². The molecule has 0 aromatic rings. The van der Waals surface area contributed by atoms with Crippen molar-refractivity contribution in [2.75, 3.05) is 13.2 Å². The molecule has 9 heteroatoms. The van der Waals surface area contributed by atoms with E-state index in [2.05, 4.69) is 54.8 Å². The predicted molar refractivity (Wildman–Crippen MR) is 198 cm³/mol. The lowest BCUT2D eigenvalue weighted by atomic mass is 10.1. The maximum atomic E-state index is 12.4. The summed E-state index contributed by atoms with van der Waals surface area (Å²) in [7, 11) is -4.75. The largest absolute Gasteiger partial charge is 0.469 e. The van der Waals surface area contributed by atoms with Gasteiger partial charge in [-0.25, -0.2) is 4.57 Å². The van der Waals surface area contributed by atoms with E-state index in [0.29, 0.717) is 6.42 Å². The third-order valence-electron chi connectivity index (χ3n) is 8.16. The molecule has 2 N–H and O–H groups in total. The SMILES string of the molecule is CCCCC/C=C\C/C=C\C/C=C\CCCCCCCCC(=O)OC(COC(=O)CCCCCCCCCCCCC)COP(=O)(O)O. The van der Waals surface area contributed by atoms with Crippen molar-refractivity contribution in [2.45, 2.75) is 187 Å². The number of carbonyl (C=O) groups is 2. The minimum Gasteiger partial charge on any atom is -0.462 e. The summed E-state index contributed by atoms with van der Waals surface area (Å²) in [5.74, 6) is -0.898. The number of phosphoric acid groups is 1. The van der Waals surface area contributed by atoms with Gasteiger partial charge in [-0.05, 0) is 51.4 Å². The highest BCUT2D eigenvalue weighted by molar-refractivity contribution is 7.46. The van der Waals surface area contributed by atoms with Gasteiger partial charge in [0.2, 0.25) is 0 Å². The highest BCUT2D eigenvalue weighted by atomic mass is 31.2. The first-order valence-electron chi connectivity index (χ1n) is 19.3. The van der Waals surface area contributed by atoms with E-state index in [1.54, 1.807) is 0 Å². The Kier molecular flexibility index (Phi) is 33.8. The Labute approximate surface area is 293 Å². The van der Waals surface area contributed by atoms with E-state index >= 15 is 0 Å². The zero-order valence-electron chi connectivity index (χ0n) is 30.6. The number of esters is 2. The van der Waals surface area contributed by atoms with E-state index < -0.39 is 32.5 Å². The van der Waals surface area contributed by atoms with Crippen LogP contribution in [0.4, 0.5) is 0 Å². The van der Waals surface area contributed by atoms with Crippen LogP contribution in [0.15, 0.2) is 36.5 Å². The highest BCUT2D eigenvalue weighted by Gasteiger charge is 2.22. The average Bonchev–Trinajstić information content (AvgIpc) is 3.05. The molecule has 1 atom stereocenters. The van der Waals surface area contributed by atoms with Crippen LogP contribution >= 0.6 is 7.82 Å². The molecular weight excluding hydrogens is 627 g/mol. The van der Waals surface area contributed by atoms with Crippen molar-refractivity contribution in [2.24, 2.45) is 0 Å². The van der Waals surface area contributed by atoms with Crippen molar-refractivity contribution < 1.29 is 37.9 Å². The van der Waals surface area contributed by atoms with Crippen LogP contribution in [-0.2, 0) is 28.2 Å². The summed E-state index contributed by atoms with van der Waals surface area (Å²) in [5.41, 5.74) is 0. The minimum atomic E-state index is -4.75. The molecule has 0 bridgehead atoms. The molecule has 0 rings (SSSR count). The van der Waals surface area contributed by atoms with E-state index in [-0.39, 0.29) is 19.4 Å². The monoisotopic (exact) mass is 698 g/mol. The van der Waals surface area contributed by atoms with Gasteiger partial charge in [0.15, 0.2) is 6.10 Å². The Hall–Kier alpha value is -1.73. The highest BCUT2D eigenvalue weighted by Crippen LogP contribution is 2.36. The van der Waals surface area contributed by atoms with Crippen LogP contribution in [0.2, 0.25) is 0 Å². The van der Waals surface area contributed by atoms with Crippen molar-refractivity contribution in [3.05, 3.63) is 36.5 Å². The van der Waals surface area contributed by atoms with Crippen LogP contribution in [0.1, 0.15) is 181 Å². The third-order valence-corrected chi connectivity index (χ3v) is 8.65. The van der Waals surface area contributed by atoms with Crippen LogP contribution in [0.5, 0.6) is 0 Å². The van der Waals surface area contributed by atoms with E-state index in [9.17, 15) is 14.2 Å². The molecule has 0 saturated heterocycles. The van der Waals surface area contributed by atoms with Crippen LogP contribution in [0.3, 0.4) is 0 Å². The minimum absolute atomic E-state index is 0.198. The molecular formula is C39H71O8P. The average molecular weight is 699 g/mol. The summed E-state index contributed by atoms with van der Waals surface area (Å²) >= 11 is 0. The van der Waals surface area contributed by atoms with Crippen molar-refractivity contribution in [1.29, 1.82) is 0 Å². The number of ether oxygens (including phenoxy) is 2. The molecule has 0 radical (unpaired) electrons. The summed E-state index contributed by atoms with van der Waals surface area (Å²) in [6.45, 7) is 3.63. The molecule has 0 aliphatic carbocycles. The number of unbranched alkanes of at least 4 members (excludes halogenated alkanes) is 19. The van der Waals surface area contributed by atoms with Crippen LogP contribution in [-0.4, -0.2) is 41.0 Å². The van der Waals surface area contributed by atoms with E-state index in [0.717, 1.165) is 70.6 Å². The fraction of sp³-hybridized carbons (Fsp3) is 0.795. The number of allylic oxidation sites excluding steroid dienone is 6. The Bertz CT molecular complexity index is 879. The van der Waals surface area contributed by atoms with Crippen LogP contribution in [0, 0.1) is 0 Å². The molecule has 280 valence electrons. The summed E-state index contributed by atoms with van der Waals surface area (Å²) < 4.78 is 26.3. The summed E-state index contributed by atoms with van der Waals surface area (Å²) in [4.78, 5) is 42.7. The summed E-state index contributed by atoms with van der Waals surface area (Å²) in [6, 6.07) is 0. The Morgan fingerprint density at radius 3 is 1.44 bits per heavy atom. The molecule has 0 fully saturated rings. The standard InChI is InChI=1S/C39H71O8P/c1-3-5-7-9-11-13-15-16-17-18-19-20-21-22-24-26-28-30-32-34-39(41)47-37(36-46-48(42,43)44)35-45-38(40)33-31-29-27-25-23-14-12-10-8-6-4-2/h11,13,16-17,19-20,37H,3-10,12,14-15,18,21-36H2,1-2H3,(H2,42,43,44)/b13-11-,17-16-,20-19-. The van der Waals surface area contributed by atoms with Crippen molar-refractivity contribution in [3.63, 3.8) is 0 Å². The molecule has 0 saturated carbocycles. The van der Waals surface area contributed by atoms with Gasteiger partial charge in [0.05, 0.1) is 6.61 Å². The van der Waals surface area contributed by atoms with Crippen molar-refractivity contribution >= 4 is 19.8 Å². The summed E-state index contributed by atoms with van der Waals surface area (Å²) in [6.07, 6.45) is 40.0. The Morgan fingerprint density at radius 2 is 0.938 bits per heavy atom. The fourth-order valence-corrected chi connectivity index (χ4v) is 5.62. The van der Waals surface area contributed by atoms with Gasteiger partial charge in [-0.3, -0.25) is 14.1 Å². The predicted octanol–water partition coefficient (Wildman–Crippen LogP) is 11.4. The molecule has 1 unspecified atom stereocenters. The molecule has 0 aliphatic heterocycles. The van der Waals surface area contributed by atoms with Crippen molar-refractivity contribution in [3.8, 4) is 0 Å². The van der Waals surface area contributed by atoms with Crippen LogP contribution < -0.4 is 0 Å². The Morgan fingerprint density at radius 1 is 0.542 bits per heavy atom. The first-order valence-corrected chi connectivity index (χ1v) is 20.8. The topological polar surface area (TPSA) is 119 Å². The number of carbonyl (C=O) groups excluding carboxylic acids is 2. The summed E-state index contributed by atoms with van der Waals surface area (Å²) in [5, 5.41) is 0. The van der Waals surface area contributed by atoms with Gasteiger partial charge in [-0.1, -0.05) is 153 Å². The second-order valence-electron chi connectivity index (χ2n) is 12.9. The first kappa shape index (κ1) is 46.3. The quantitative estimate of drug-likeness (QED) is 0.0290.